The summed E-state index contributed by atoms with van der Waals surface area (Å²) in [7, 11) is 0. The summed E-state index contributed by atoms with van der Waals surface area (Å²) in [6.07, 6.45) is 2.25. The van der Waals surface area contributed by atoms with Crippen molar-refractivity contribution in [3.05, 3.63) is 24.1 Å². The normalized spacial score (nSPS) is 13.5. The number of rotatable bonds is 5. The molecule has 116 valence electrons. The first kappa shape index (κ1) is 17.5. The van der Waals surface area contributed by atoms with Gasteiger partial charge in [-0.3, -0.25) is 4.79 Å². The Morgan fingerprint density at radius 2 is 2.14 bits per heavy atom. The molecular formula is C15H22ClN3O2. The van der Waals surface area contributed by atoms with Crippen molar-refractivity contribution in [3.63, 3.8) is 0 Å². The van der Waals surface area contributed by atoms with Crippen LogP contribution in [0, 0.1) is 0 Å². The second-order valence-electron chi connectivity index (χ2n) is 5.27. The zero-order valence-electron chi connectivity index (χ0n) is 12.6. The number of oxazole rings is 1. The predicted octanol–water partition coefficient (Wildman–Crippen LogP) is 3.27. The molecule has 3 N–H and O–H groups in total. The summed E-state index contributed by atoms with van der Waals surface area (Å²) in [5, 5.41) is 2.84. The van der Waals surface area contributed by atoms with Crippen LogP contribution in [0.1, 0.15) is 39.5 Å². The highest BCUT2D eigenvalue weighted by Gasteiger charge is 2.27. The molecule has 0 aliphatic carbocycles. The van der Waals surface area contributed by atoms with Gasteiger partial charge in [-0.25, -0.2) is 4.98 Å². The Morgan fingerprint density at radius 1 is 1.43 bits per heavy atom. The number of nitrogens with one attached hydrogen (secondary N) is 1. The Bertz CT molecular complexity index is 622. The highest BCUT2D eigenvalue weighted by Crippen LogP contribution is 2.21. The number of nitrogens with zero attached hydrogens (tertiary/aromatic N) is 1. The van der Waals surface area contributed by atoms with Crippen LogP contribution in [-0.2, 0) is 11.2 Å². The van der Waals surface area contributed by atoms with E-state index >= 15 is 0 Å². The van der Waals surface area contributed by atoms with Crippen molar-refractivity contribution >= 4 is 35.1 Å². The maximum Gasteiger partial charge on any atom is 0.244 e. The van der Waals surface area contributed by atoms with E-state index in [1.54, 1.807) is 19.1 Å². The minimum absolute atomic E-state index is 0. The van der Waals surface area contributed by atoms with Crippen LogP contribution in [0.25, 0.3) is 11.1 Å². The van der Waals surface area contributed by atoms with Gasteiger partial charge in [-0.2, -0.15) is 0 Å². The summed E-state index contributed by atoms with van der Waals surface area (Å²) < 4.78 is 5.53. The number of aryl methyl sites for hydroxylation is 1. The second-order valence-corrected chi connectivity index (χ2v) is 5.27. The molecule has 0 aliphatic heterocycles. The minimum Gasteiger partial charge on any atom is -0.441 e. The molecule has 21 heavy (non-hydrogen) atoms. The summed E-state index contributed by atoms with van der Waals surface area (Å²) in [5.41, 5.74) is 7.31. The van der Waals surface area contributed by atoms with Gasteiger partial charge in [0.15, 0.2) is 11.5 Å². The third kappa shape index (κ3) is 3.95. The Kier molecular flexibility index (Phi) is 5.75. The molecule has 0 fully saturated rings. The monoisotopic (exact) mass is 311 g/mol. The highest BCUT2D eigenvalue weighted by atomic mass is 35.5. The largest absolute Gasteiger partial charge is 0.441 e. The molecule has 0 radical (unpaired) electrons. The van der Waals surface area contributed by atoms with Crippen molar-refractivity contribution in [1.29, 1.82) is 0 Å². The maximum atomic E-state index is 12.1. The third-order valence-electron chi connectivity index (χ3n) is 3.28. The fraction of sp³-hybridized carbons (Fsp3) is 0.467. The van der Waals surface area contributed by atoms with Crippen LogP contribution in [0.15, 0.2) is 22.6 Å². The van der Waals surface area contributed by atoms with Gasteiger partial charge >= 0.3 is 0 Å². The van der Waals surface area contributed by atoms with E-state index in [1.807, 2.05) is 19.9 Å². The van der Waals surface area contributed by atoms with Gasteiger partial charge in [0, 0.05) is 12.1 Å². The van der Waals surface area contributed by atoms with Crippen molar-refractivity contribution < 1.29 is 9.21 Å². The first-order valence-corrected chi connectivity index (χ1v) is 6.96. The topological polar surface area (TPSA) is 81.2 Å². The van der Waals surface area contributed by atoms with Crippen molar-refractivity contribution in [2.45, 2.75) is 45.6 Å². The molecule has 0 saturated heterocycles. The van der Waals surface area contributed by atoms with Crippen LogP contribution in [0.3, 0.4) is 0 Å². The highest BCUT2D eigenvalue weighted by molar-refractivity contribution is 5.98. The van der Waals surface area contributed by atoms with Crippen molar-refractivity contribution in [2.24, 2.45) is 5.73 Å². The van der Waals surface area contributed by atoms with Crippen LogP contribution in [0.5, 0.6) is 0 Å². The van der Waals surface area contributed by atoms with E-state index in [9.17, 15) is 4.79 Å². The minimum atomic E-state index is -0.859. The maximum absolute atomic E-state index is 12.1. The quantitative estimate of drug-likeness (QED) is 0.888. The van der Waals surface area contributed by atoms with Crippen LogP contribution in [0.4, 0.5) is 5.69 Å². The van der Waals surface area contributed by atoms with Gasteiger partial charge in [0.25, 0.3) is 0 Å². The summed E-state index contributed by atoms with van der Waals surface area (Å²) in [4.78, 5) is 16.5. The molecule has 1 unspecified atom stereocenters. The molecule has 1 heterocycles. The lowest BCUT2D eigenvalue weighted by molar-refractivity contribution is -0.120. The fourth-order valence-corrected chi connectivity index (χ4v) is 2.11. The lowest BCUT2D eigenvalue weighted by atomic mass is 9.96. The first-order chi connectivity index (χ1) is 9.46. The van der Waals surface area contributed by atoms with Gasteiger partial charge in [-0.05, 0) is 31.5 Å². The van der Waals surface area contributed by atoms with Crippen molar-refractivity contribution in [1.82, 2.24) is 4.98 Å². The lowest BCUT2D eigenvalue weighted by Gasteiger charge is -2.22. The van der Waals surface area contributed by atoms with E-state index < -0.39 is 5.54 Å². The van der Waals surface area contributed by atoms with Gasteiger partial charge in [-0.15, -0.1) is 12.4 Å². The Morgan fingerprint density at radius 3 is 2.76 bits per heavy atom. The summed E-state index contributed by atoms with van der Waals surface area (Å²) in [6.45, 7) is 5.74. The van der Waals surface area contributed by atoms with E-state index in [0.29, 0.717) is 18.0 Å². The average molecular weight is 312 g/mol. The van der Waals surface area contributed by atoms with Crippen LogP contribution < -0.4 is 11.1 Å². The smallest absolute Gasteiger partial charge is 0.244 e. The molecule has 6 heteroatoms. The second kappa shape index (κ2) is 6.91. The summed E-state index contributed by atoms with van der Waals surface area (Å²) in [5.74, 6) is 0.510. The van der Waals surface area contributed by atoms with E-state index in [4.69, 9.17) is 10.2 Å². The number of halogens is 1. The molecule has 0 bridgehead atoms. The number of carbonyl (C=O) groups excluding carboxylic acids is 1. The average Bonchev–Trinajstić information content (AvgIpc) is 2.80. The number of aromatic nitrogens is 1. The number of benzene rings is 1. The summed E-state index contributed by atoms with van der Waals surface area (Å²) >= 11 is 0. The Hall–Kier alpha value is -1.59. The first-order valence-electron chi connectivity index (χ1n) is 6.96. The number of nitrogens with two attached hydrogens (primary N) is 1. The van der Waals surface area contributed by atoms with E-state index in [0.717, 1.165) is 23.9 Å². The van der Waals surface area contributed by atoms with E-state index in [1.165, 1.54) is 0 Å². The van der Waals surface area contributed by atoms with E-state index in [-0.39, 0.29) is 18.3 Å². The van der Waals surface area contributed by atoms with Gasteiger partial charge in [-0.1, -0.05) is 20.3 Å². The lowest BCUT2D eigenvalue weighted by Crippen LogP contribution is -2.48. The number of carbonyl (C=O) groups is 1. The van der Waals surface area contributed by atoms with Crippen molar-refractivity contribution in [2.75, 3.05) is 5.32 Å². The molecule has 0 spiro atoms. The third-order valence-corrected chi connectivity index (χ3v) is 3.28. The number of fused-ring (bicyclic) bond motifs is 1. The number of amides is 1. The molecular weight excluding hydrogens is 290 g/mol. The number of hydrogen-bond acceptors (Lipinski definition) is 4. The van der Waals surface area contributed by atoms with Crippen LogP contribution >= 0.6 is 12.4 Å². The number of anilines is 1. The zero-order valence-corrected chi connectivity index (χ0v) is 13.4. The molecule has 1 aromatic heterocycles. The molecule has 1 atom stereocenters. The Balaban J connectivity index is 0.00000220. The number of hydrogen-bond donors (Lipinski definition) is 2. The molecule has 1 amide bonds. The predicted molar refractivity (Wildman–Crippen MR) is 86.8 cm³/mol. The molecule has 2 rings (SSSR count). The SMILES string of the molecule is CCCC(C)(N)C(=O)Nc1ccc2oc(CC)nc2c1.Cl. The molecule has 0 aliphatic rings. The van der Waals surface area contributed by atoms with Crippen LogP contribution in [0.2, 0.25) is 0 Å². The van der Waals surface area contributed by atoms with E-state index in [2.05, 4.69) is 10.3 Å². The van der Waals surface area contributed by atoms with Gasteiger partial charge in [0.1, 0.15) is 5.52 Å². The standard InChI is InChI=1S/C15H21N3O2.ClH/c1-4-8-15(3,16)14(19)17-10-6-7-12-11(9-10)18-13(5-2)20-12;/h6-7,9H,4-5,8,16H2,1-3H3,(H,17,19);1H. The Labute approximate surface area is 130 Å². The van der Waals surface area contributed by atoms with Gasteiger partial charge in [0.2, 0.25) is 5.91 Å². The summed E-state index contributed by atoms with van der Waals surface area (Å²) in [6, 6.07) is 5.41. The molecule has 1 aromatic carbocycles. The molecule has 2 aromatic rings. The zero-order chi connectivity index (χ0) is 14.8. The van der Waals surface area contributed by atoms with Crippen molar-refractivity contribution in [3.8, 4) is 0 Å². The molecule has 0 saturated carbocycles. The fourth-order valence-electron chi connectivity index (χ4n) is 2.11. The molecule has 5 nitrogen and oxygen atoms in total. The van der Waals surface area contributed by atoms with Gasteiger partial charge < -0.3 is 15.5 Å². The van der Waals surface area contributed by atoms with Crippen LogP contribution in [-0.4, -0.2) is 16.4 Å². The van der Waals surface area contributed by atoms with Gasteiger partial charge in [0.05, 0.1) is 5.54 Å².